The number of anilines is 1. The largest absolute Gasteiger partial charge is 0.344 e. The van der Waals surface area contributed by atoms with Gasteiger partial charge >= 0.3 is 0 Å². The lowest BCUT2D eigenvalue weighted by Crippen LogP contribution is -2.48. The third kappa shape index (κ3) is 3.65. The summed E-state index contributed by atoms with van der Waals surface area (Å²) in [6.45, 7) is 5.51. The molecule has 0 radical (unpaired) electrons. The van der Waals surface area contributed by atoms with Gasteiger partial charge in [-0.25, -0.2) is 17.2 Å². The molecule has 0 spiro atoms. The highest BCUT2D eigenvalue weighted by molar-refractivity contribution is 7.89. The lowest BCUT2D eigenvalue weighted by molar-refractivity contribution is 0.384. The minimum atomic E-state index is -3.85. The summed E-state index contributed by atoms with van der Waals surface area (Å²) in [6, 6.07) is 2.63. The summed E-state index contributed by atoms with van der Waals surface area (Å²) < 4.78 is 52.8. The van der Waals surface area contributed by atoms with Gasteiger partial charge < -0.3 is 4.90 Å². The molecule has 136 valence electrons. The van der Waals surface area contributed by atoms with Gasteiger partial charge in [-0.15, -0.1) is 10.2 Å². The van der Waals surface area contributed by atoms with Crippen molar-refractivity contribution in [1.29, 1.82) is 0 Å². The smallest absolute Gasteiger partial charge is 0.243 e. The van der Waals surface area contributed by atoms with Crippen LogP contribution in [0.2, 0.25) is 0 Å². The lowest BCUT2D eigenvalue weighted by Gasteiger charge is -2.33. The Morgan fingerprint density at radius 3 is 2.32 bits per heavy atom. The molecule has 1 saturated heterocycles. The SMILES string of the molecule is CC(C)c1nnc(N2CCN(S(=O)(=O)c3ccc(F)c(F)c3)CC2)s1. The van der Waals surface area contributed by atoms with Crippen LogP contribution in [-0.4, -0.2) is 49.1 Å². The molecule has 0 N–H and O–H groups in total. The fourth-order valence-electron chi connectivity index (χ4n) is 2.49. The molecule has 0 unspecified atom stereocenters. The first-order valence-corrected chi connectivity index (χ1v) is 10.1. The van der Waals surface area contributed by atoms with E-state index in [9.17, 15) is 17.2 Å². The van der Waals surface area contributed by atoms with E-state index in [4.69, 9.17) is 0 Å². The number of sulfonamides is 1. The molecule has 1 aromatic carbocycles. The third-order valence-electron chi connectivity index (χ3n) is 3.96. The first-order valence-electron chi connectivity index (χ1n) is 7.82. The average Bonchev–Trinajstić information content (AvgIpc) is 3.08. The van der Waals surface area contributed by atoms with Crippen molar-refractivity contribution >= 4 is 26.5 Å². The van der Waals surface area contributed by atoms with Gasteiger partial charge in [0, 0.05) is 32.1 Å². The summed E-state index contributed by atoms with van der Waals surface area (Å²) in [5.74, 6) is -1.95. The summed E-state index contributed by atoms with van der Waals surface area (Å²) >= 11 is 1.50. The van der Waals surface area contributed by atoms with Crippen molar-refractivity contribution in [2.24, 2.45) is 0 Å². The van der Waals surface area contributed by atoms with E-state index in [0.717, 1.165) is 28.3 Å². The molecule has 1 aliphatic heterocycles. The van der Waals surface area contributed by atoms with Gasteiger partial charge in [-0.1, -0.05) is 25.2 Å². The van der Waals surface area contributed by atoms with Crippen LogP contribution in [0, 0.1) is 11.6 Å². The fraction of sp³-hybridized carbons (Fsp3) is 0.467. The second kappa shape index (κ2) is 6.93. The topological polar surface area (TPSA) is 66.4 Å². The van der Waals surface area contributed by atoms with E-state index >= 15 is 0 Å². The van der Waals surface area contributed by atoms with Crippen molar-refractivity contribution in [1.82, 2.24) is 14.5 Å². The summed E-state index contributed by atoms with van der Waals surface area (Å²) in [4.78, 5) is 1.75. The average molecular weight is 388 g/mol. The Bertz CT molecular complexity index is 862. The molecule has 1 fully saturated rings. The fourth-order valence-corrected chi connectivity index (χ4v) is 4.83. The van der Waals surface area contributed by atoms with Crippen LogP contribution in [-0.2, 0) is 10.0 Å². The van der Waals surface area contributed by atoms with Crippen molar-refractivity contribution in [2.45, 2.75) is 24.7 Å². The second-order valence-corrected chi connectivity index (χ2v) is 8.97. The molecule has 1 aliphatic rings. The van der Waals surface area contributed by atoms with E-state index in [2.05, 4.69) is 10.2 Å². The van der Waals surface area contributed by atoms with Gasteiger partial charge in [0.25, 0.3) is 0 Å². The predicted molar refractivity (Wildman–Crippen MR) is 91.3 cm³/mol. The molecule has 0 bridgehead atoms. The monoisotopic (exact) mass is 388 g/mol. The summed E-state index contributed by atoms with van der Waals surface area (Å²) in [7, 11) is -3.85. The highest BCUT2D eigenvalue weighted by Gasteiger charge is 2.30. The van der Waals surface area contributed by atoms with E-state index in [1.54, 1.807) is 0 Å². The quantitative estimate of drug-likeness (QED) is 0.805. The first-order chi connectivity index (χ1) is 11.8. The molecule has 0 amide bonds. The Morgan fingerprint density at radius 2 is 1.76 bits per heavy atom. The van der Waals surface area contributed by atoms with E-state index in [1.807, 2.05) is 18.7 Å². The minimum Gasteiger partial charge on any atom is -0.344 e. The number of hydrogen-bond acceptors (Lipinski definition) is 6. The van der Waals surface area contributed by atoms with E-state index in [0.29, 0.717) is 19.0 Å². The van der Waals surface area contributed by atoms with E-state index in [-0.39, 0.29) is 18.0 Å². The normalized spacial score (nSPS) is 16.6. The molecule has 0 aliphatic carbocycles. The van der Waals surface area contributed by atoms with E-state index < -0.39 is 21.7 Å². The molecular weight excluding hydrogens is 370 g/mol. The Balaban J connectivity index is 1.71. The molecule has 0 saturated carbocycles. The summed E-state index contributed by atoms with van der Waals surface area (Å²) in [6.07, 6.45) is 0. The Kier molecular flexibility index (Phi) is 5.03. The highest BCUT2D eigenvalue weighted by Crippen LogP contribution is 2.27. The molecule has 6 nitrogen and oxygen atoms in total. The van der Waals surface area contributed by atoms with Crippen molar-refractivity contribution < 1.29 is 17.2 Å². The number of benzene rings is 1. The van der Waals surface area contributed by atoms with Crippen molar-refractivity contribution in [3.05, 3.63) is 34.8 Å². The molecule has 2 heterocycles. The van der Waals surface area contributed by atoms with Crippen LogP contribution in [0.3, 0.4) is 0 Å². The van der Waals surface area contributed by atoms with Gasteiger partial charge in [-0.2, -0.15) is 4.31 Å². The summed E-state index contributed by atoms with van der Waals surface area (Å²) in [5.41, 5.74) is 0. The van der Waals surface area contributed by atoms with Gasteiger partial charge in [0.2, 0.25) is 15.2 Å². The predicted octanol–water partition coefficient (Wildman–Crippen LogP) is 2.45. The van der Waals surface area contributed by atoms with Crippen molar-refractivity contribution in [3.63, 3.8) is 0 Å². The molecule has 0 atom stereocenters. The van der Waals surface area contributed by atoms with Crippen LogP contribution >= 0.6 is 11.3 Å². The molecule has 2 aromatic rings. The maximum Gasteiger partial charge on any atom is 0.243 e. The Labute approximate surface area is 149 Å². The zero-order valence-corrected chi connectivity index (χ0v) is 15.4. The second-order valence-electron chi connectivity index (χ2n) is 6.04. The van der Waals surface area contributed by atoms with Gasteiger partial charge in [0.05, 0.1) is 4.90 Å². The first kappa shape index (κ1) is 18.2. The van der Waals surface area contributed by atoms with Crippen LogP contribution < -0.4 is 4.90 Å². The van der Waals surface area contributed by atoms with Crippen LogP contribution in [0.5, 0.6) is 0 Å². The maximum absolute atomic E-state index is 13.3. The van der Waals surface area contributed by atoms with Crippen LogP contribution in [0.25, 0.3) is 0 Å². The Morgan fingerprint density at radius 1 is 1.08 bits per heavy atom. The van der Waals surface area contributed by atoms with Gasteiger partial charge in [0.1, 0.15) is 5.01 Å². The van der Waals surface area contributed by atoms with Crippen LogP contribution in [0.1, 0.15) is 24.8 Å². The zero-order chi connectivity index (χ0) is 18.2. The zero-order valence-electron chi connectivity index (χ0n) is 13.8. The molecule has 1 aromatic heterocycles. The van der Waals surface area contributed by atoms with Crippen LogP contribution in [0.15, 0.2) is 23.1 Å². The third-order valence-corrected chi connectivity index (χ3v) is 7.14. The molecular formula is C15H18F2N4O2S2. The van der Waals surface area contributed by atoms with Crippen molar-refractivity contribution in [3.8, 4) is 0 Å². The number of piperazine rings is 1. The number of halogens is 2. The van der Waals surface area contributed by atoms with Crippen molar-refractivity contribution in [2.75, 3.05) is 31.1 Å². The van der Waals surface area contributed by atoms with Gasteiger partial charge in [-0.3, -0.25) is 0 Å². The maximum atomic E-state index is 13.3. The summed E-state index contributed by atoms with van der Waals surface area (Å²) in [5, 5.41) is 10.0. The molecule has 10 heteroatoms. The van der Waals surface area contributed by atoms with Crippen LogP contribution in [0.4, 0.5) is 13.9 Å². The van der Waals surface area contributed by atoms with Gasteiger partial charge in [-0.05, 0) is 18.2 Å². The minimum absolute atomic E-state index is 0.238. The molecule has 25 heavy (non-hydrogen) atoms. The lowest BCUT2D eigenvalue weighted by atomic mass is 10.2. The number of hydrogen-bond donors (Lipinski definition) is 0. The highest BCUT2D eigenvalue weighted by atomic mass is 32.2. The van der Waals surface area contributed by atoms with E-state index in [1.165, 1.54) is 15.6 Å². The number of rotatable bonds is 4. The number of nitrogens with zero attached hydrogens (tertiary/aromatic N) is 4. The number of aromatic nitrogens is 2. The van der Waals surface area contributed by atoms with Gasteiger partial charge in [0.15, 0.2) is 11.6 Å². The Hall–Kier alpha value is -1.65. The molecule has 3 rings (SSSR count). The standard InChI is InChI=1S/C15H18F2N4O2S2/c1-10(2)14-18-19-15(24-14)20-5-7-21(8-6-20)25(22,23)11-3-4-12(16)13(17)9-11/h3-4,9-10H,5-8H2,1-2H3.